The number of ether oxygens (including phenoxy) is 2. The lowest BCUT2D eigenvalue weighted by molar-refractivity contribution is -0.140. The van der Waals surface area contributed by atoms with Gasteiger partial charge in [0, 0.05) is 18.2 Å². The topological polar surface area (TPSA) is 60.5 Å². The van der Waals surface area contributed by atoms with Gasteiger partial charge in [0.05, 0.1) is 12.3 Å². The number of benzene rings is 1. The van der Waals surface area contributed by atoms with E-state index in [4.69, 9.17) is 9.47 Å². The van der Waals surface area contributed by atoms with Gasteiger partial charge in [-0.25, -0.2) is 0 Å². The molecular weight excluding hydrogens is 340 g/mol. The van der Waals surface area contributed by atoms with Crippen LogP contribution in [0.5, 0.6) is 5.75 Å². The van der Waals surface area contributed by atoms with E-state index in [0.717, 1.165) is 48.0 Å². The summed E-state index contributed by atoms with van der Waals surface area (Å²) < 4.78 is 11.6. The maximum absolute atomic E-state index is 13.1. The van der Waals surface area contributed by atoms with Crippen LogP contribution in [0.3, 0.4) is 0 Å². The van der Waals surface area contributed by atoms with Crippen LogP contribution in [0.2, 0.25) is 0 Å². The van der Waals surface area contributed by atoms with Crippen LogP contribution < -0.4 is 10.1 Å². The Morgan fingerprint density at radius 3 is 2.67 bits per heavy atom. The average Bonchev–Trinajstić information content (AvgIpc) is 2.68. The fraction of sp³-hybridized carbons (Fsp3) is 0.545. The molecule has 2 aromatic rings. The van der Waals surface area contributed by atoms with Crippen molar-refractivity contribution in [3.63, 3.8) is 0 Å². The highest BCUT2D eigenvalue weighted by Crippen LogP contribution is 2.31. The first-order valence-corrected chi connectivity index (χ1v) is 10.0. The van der Waals surface area contributed by atoms with Crippen molar-refractivity contribution in [3.8, 4) is 5.75 Å². The summed E-state index contributed by atoms with van der Waals surface area (Å²) in [5, 5.41) is 3.94. The van der Waals surface area contributed by atoms with E-state index in [-0.39, 0.29) is 5.91 Å². The van der Waals surface area contributed by atoms with Crippen LogP contribution in [0.25, 0.3) is 10.9 Å². The molecule has 0 fully saturated rings. The molecule has 0 aliphatic rings. The molecule has 0 radical (unpaired) electrons. The number of carbonyl (C=O) groups is 1. The summed E-state index contributed by atoms with van der Waals surface area (Å²) in [5.74, 6) is 0.611. The standard InChI is InChI=1S/C22H32N2O3/c1-5-8-9-14-22(4,27-16-6-2)21(25)24-18-12-13-19(26-7-3)20-17(18)11-10-15-23-20/h10-13,15H,5-9,14,16H2,1-4H3,(H,24,25)/t22-/m1/s1. The van der Waals surface area contributed by atoms with Crippen LogP contribution in [0.1, 0.15) is 59.8 Å². The SMILES string of the molecule is CCCCC[C@@](C)(OCCC)C(=O)Nc1ccc(OCC)c2ncccc12. The van der Waals surface area contributed by atoms with E-state index in [1.54, 1.807) is 6.20 Å². The predicted octanol–water partition coefficient (Wildman–Crippen LogP) is 5.34. The highest BCUT2D eigenvalue weighted by atomic mass is 16.5. The summed E-state index contributed by atoms with van der Waals surface area (Å²) in [5.41, 5.74) is 0.644. The number of carbonyl (C=O) groups excluding carboxylic acids is 1. The molecule has 0 saturated carbocycles. The number of nitrogens with zero attached hydrogens (tertiary/aromatic N) is 1. The Morgan fingerprint density at radius 2 is 1.96 bits per heavy atom. The van der Waals surface area contributed by atoms with Crippen LogP contribution in [0.4, 0.5) is 5.69 Å². The minimum Gasteiger partial charge on any atom is -0.492 e. The first-order chi connectivity index (χ1) is 13.1. The highest BCUT2D eigenvalue weighted by molar-refractivity contribution is 6.05. The van der Waals surface area contributed by atoms with E-state index in [0.29, 0.717) is 19.6 Å². The Balaban J connectivity index is 2.27. The molecule has 148 valence electrons. The van der Waals surface area contributed by atoms with E-state index in [1.807, 2.05) is 38.1 Å². The van der Waals surface area contributed by atoms with E-state index in [2.05, 4.69) is 24.1 Å². The molecule has 0 aliphatic heterocycles. The van der Waals surface area contributed by atoms with Gasteiger partial charge in [0.2, 0.25) is 0 Å². The first-order valence-electron chi connectivity index (χ1n) is 10.0. The summed E-state index contributed by atoms with van der Waals surface area (Å²) in [6, 6.07) is 7.54. The maximum atomic E-state index is 13.1. The number of aromatic nitrogens is 1. The molecule has 0 bridgehead atoms. The number of amides is 1. The number of anilines is 1. The number of unbranched alkanes of at least 4 members (excludes halogenated alkanes) is 2. The van der Waals surface area contributed by atoms with Gasteiger partial charge in [0.15, 0.2) is 0 Å². The molecule has 5 heteroatoms. The van der Waals surface area contributed by atoms with Crippen molar-refractivity contribution in [2.24, 2.45) is 0 Å². The van der Waals surface area contributed by atoms with Crippen LogP contribution in [-0.4, -0.2) is 29.7 Å². The Kier molecular flexibility index (Phi) is 8.04. The third-order valence-corrected chi connectivity index (χ3v) is 4.64. The Hall–Kier alpha value is -2.14. The molecular formula is C22H32N2O3. The van der Waals surface area contributed by atoms with Gasteiger partial charge < -0.3 is 14.8 Å². The highest BCUT2D eigenvalue weighted by Gasteiger charge is 2.34. The first kappa shape index (κ1) is 21.2. The van der Waals surface area contributed by atoms with Crippen molar-refractivity contribution in [1.29, 1.82) is 0 Å². The van der Waals surface area contributed by atoms with E-state index < -0.39 is 5.60 Å². The minimum atomic E-state index is -0.835. The molecule has 0 saturated heterocycles. The molecule has 0 unspecified atom stereocenters. The zero-order chi connectivity index (χ0) is 19.7. The zero-order valence-corrected chi connectivity index (χ0v) is 17.0. The van der Waals surface area contributed by atoms with Gasteiger partial charge in [0.1, 0.15) is 16.9 Å². The molecule has 2 rings (SSSR count). The monoisotopic (exact) mass is 372 g/mol. The van der Waals surface area contributed by atoms with Crippen LogP contribution >= 0.6 is 0 Å². The second-order valence-electron chi connectivity index (χ2n) is 6.93. The van der Waals surface area contributed by atoms with Gasteiger partial charge in [-0.15, -0.1) is 0 Å². The van der Waals surface area contributed by atoms with Gasteiger partial charge >= 0.3 is 0 Å². The summed E-state index contributed by atoms with van der Waals surface area (Å²) in [7, 11) is 0. The molecule has 0 spiro atoms. The minimum absolute atomic E-state index is 0.110. The third kappa shape index (κ3) is 5.42. The second kappa shape index (κ2) is 10.3. The maximum Gasteiger partial charge on any atom is 0.256 e. The van der Waals surface area contributed by atoms with Gasteiger partial charge in [-0.2, -0.15) is 0 Å². The molecule has 5 nitrogen and oxygen atoms in total. The fourth-order valence-electron chi connectivity index (χ4n) is 3.07. The van der Waals surface area contributed by atoms with Crippen molar-refractivity contribution in [2.45, 2.75) is 65.4 Å². The molecule has 0 aliphatic carbocycles. The number of hydrogen-bond donors (Lipinski definition) is 1. The quantitative estimate of drug-likeness (QED) is 0.541. The summed E-state index contributed by atoms with van der Waals surface area (Å²) in [6.45, 7) is 9.18. The van der Waals surface area contributed by atoms with Gasteiger partial charge in [0.25, 0.3) is 5.91 Å². The average molecular weight is 373 g/mol. The summed E-state index contributed by atoms with van der Waals surface area (Å²) >= 11 is 0. The van der Waals surface area contributed by atoms with Crippen molar-refractivity contribution >= 4 is 22.5 Å². The van der Waals surface area contributed by atoms with Crippen LogP contribution in [-0.2, 0) is 9.53 Å². The molecule has 1 amide bonds. The smallest absolute Gasteiger partial charge is 0.256 e. The lowest BCUT2D eigenvalue weighted by Crippen LogP contribution is -2.43. The van der Waals surface area contributed by atoms with Crippen LogP contribution in [0, 0.1) is 0 Å². The molecule has 1 atom stereocenters. The third-order valence-electron chi connectivity index (χ3n) is 4.64. The zero-order valence-electron chi connectivity index (χ0n) is 17.0. The normalized spacial score (nSPS) is 13.3. The van der Waals surface area contributed by atoms with Crippen molar-refractivity contribution in [1.82, 2.24) is 4.98 Å². The lowest BCUT2D eigenvalue weighted by Gasteiger charge is -2.29. The molecule has 1 N–H and O–H groups in total. The predicted molar refractivity (Wildman–Crippen MR) is 110 cm³/mol. The molecule has 1 aromatic heterocycles. The number of fused-ring (bicyclic) bond motifs is 1. The Labute approximate surface area is 162 Å². The fourth-order valence-corrected chi connectivity index (χ4v) is 3.07. The number of rotatable bonds is 11. The Bertz CT molecular complexity index is 747. The van der Waals surface area contributed by atoms with Crippen molar-refractivity contribution in [2.75, 3.05) is 18.5 Å². The summed E-state index contributed by atoms with van der Waals surface area (Å²) in [6.07, 6.45) is 6.49. The molecule has 1 aromatic carbocycles. The van der Waals surface area contributed by atoms with Crippen molar-refractivity contribution in [3.05, 3.63) is 30.5 Å². The van der Waals surface area contributed by atoms with E-state index in [9.17, 15) is 4.79 Å². The second-order valence-corrected chi connectivity index (χ2v) is 6.93. The molecule has 27 heavy (non-hydrogen) atoms. The van der Waals surface area contributed by atoms with Gasteiger partial charge in [-0.3, -0.25) is 9.78 Å². The largest absolute Gasteiger partial charge is 0.492 e. The number of pyridine rings is 1. The van der Waals surface area contributed by atoms with Crippen molar-refractivity contribution < 1.29 is 14.3 Å². The van der Waals surface area contributed by atoms with Gasteiger partial charge in [-0.1, -0.05) is 33.1 Å². The lowest BCUT2D eigenvalue weighted by atomic mass is 9.96. The number of hydrogen-bond acceptors (Lipinski definition) is 4. The van der Waals surface area contributed by atoms with Crippen LogP contribution in [0.15, 0.2) is 30.5 Å². The molecule has 1 heterocycles. The van der Waals surface area contributed by atoms with Gasteiger partial charge in [-0.05, 0) is 51.0 Å². The van der Waals surface area contributed by atoms with E-state index >= 15 is 0 Å². The Morgan fingerprint density at radius 1 is 1.15 bits per heavy atom. The van der Waals surface area contributed by atoms with E-state index in [1.165, 1.54) is 0 Å². The summed E-state index contributed by atoms with van der Waals surface area (Å²) in [4.78, 5) is 17.5. The number of nitrogens with one attached hydrogen (secondary N) is 1.